The number of halogens is 1. The number of nitrogens with one attached hydrogen (secondary N) is 1. The Balaban J connectivity index is 3.04. The van der Waals surface area contributed by atoms with Crippen molar-refractivity contribution in [2.24, 2.45) is 5.14 Å². The fraction of sp³-hybridized carbons (Fsp3) is 0.111. The lowest BCUT2D eigenvalue weighted by molar-refractivity contribution is 0.598. The molecule has 0 fully saturated rings. The van der Waals surface area contributed by atoms with E-state index in [-0.39, 0.29) is 4.90 Å². The number of sulfonamides is 1. The minimum atomic E-state index is -3.76. The Hall–Kier alpha value is -1.24. The summed E-state index contributed by atoms with van der Waals surface area (Å²) in [6.07, 6.45) is 0. The van der Waals surface area contributed by atoms with Crippen molar-refractivity contribution in [3.05, 3.63) is 29.8 Å². The van der Waals surface area contributed by atoms with Crippen LogP contribution < -0.4 is 16.2 Å². The predicted octanol–water partition coefficient (Wildman–Crippen LogP) is 1.08. The highest BCUT2D eigenvalue weighted by atomic mass is 35.5. The Labute approximate surface area is 99.1 Å². The van der Waals surface area contributed by atoms with Crippen molar-refractivity contribution >= 4 is 33.0 Å². The topological polar surface area (TPSA) is 98.2 Å². The smallest absolute Gasteiger partial charge is 0.238 e. The zero-order chi connectivity index (χ0) is 12.3. The van der Waals surface area contributed by atoms with Crippen molar-refractivity contribution in [1.82, 2.24) is 0 Å². The highest BCUT2D eigenvalue weighted by Crippen LogP contribution is 2.19. The van der Waals surface area contributed by atoms with Crippen molar-refractivity contribution in [2.75, 3.05) is 17.6 Å². The van der Waals surface area contributed by atoms with E-state index in [1.165, 1.54) is 12.1 Å². The molecule has 0 aliphatic rings. The molecule has 0 saturated carbocycles. The summed E-state index contributed by atoms with van der Waals surface area (Å²) in [6.45, 7) is 3.81. The van der Waals surface area contributed by atoms with Gasteiger partial charge in [-0.1, -0.05) is 18.2 Å². The first kappa shape index (κ1) is 12.8. The average molecular weight is 262 g/mol. The van der Waals surface area contributed by atoms with Gasteiger partial charge in [-0.05, 0) is 18.2 Å². The summed E-state index contributed by atoms with van der Waals surface area (Å²) in [5, 5.41) is 8.26. The lowest BCUT2D eigenvalue weighted by Gasteiger charge is -2.08. The van der Waals surface area contributed by atoms with Crippen LogP contribution in [0.2, 0.25) is 0 Å². The van der Waals surface area contributed by atoms with Crippen molar-refractivity contribution in [3.8, 4) is 0 Å². The van der Waals surface area contributed by atoms with Crippen molar-refractivity contribution in [2.45, 2.75) is 4.90 Å². The third-order valence-corrected chi connectivity index (χ3v) is 2.77. The number of rotatable bonds is 4. The second-order valence-electron chi connectivity index (χ2n) is 3.21. The second-order valence-corrected chi connectivity index (χ2v) is 5.30. The third-order valence-electron chi connectivity index (χ3n) is 1.74. The van der Waals surface area contributed by atoms with E-state index in [1.54, 1.807) is 6.07 Å². The van der Waals surface area contributed by atoms with Gasteiger partial charge in [-0.3, -0.25) is 0 Å². The van der Waals surface area contributed by atoms with E-state index in [0.717, 1.165) is 0 Å². The van der Waals surface area contributed by atoms with Crippen LogP contribution >= 0.6 is 11.6 Å². The zero-order valence-corrected chi connectivity index (χ0v) is 9.98. The summed E-state index contributed by atoms with van der Waals surface area (Å²) >= 11 is 5.57. The van der Waals surface area contributed by atoms with Crippen molar-refractivity contribution < 1.29 is 8.42 Å². The van der Waals surface area contributed by atoms with Gasteiger partial charge in [0, 0.05) is 16.4 Å². The maximum absolute atomic E-state index is 11.1. The van der Waals surface area contributed by atoms with Gasteiger partial charge in [-0.15, -0.1) is 0 Å². The van der Waals surface area contributed by atoms with Gasteiger partial charge >= 0.3 is 0 Å². The van der Waals surface area contributed by atoms with E-state index in [9.17, 15) is 8.42 Å². The minimum absolute atomic E-state index is 0.0461. The van der Waals surface area contributed by atoms with Gasteiger partial charge in [-0.25, -0.2) is 13.6 Å². The Morgan fingerprint density at radius 3 is 2.56 bits per heavy atom. The molecule has 16 heavy (non-hydrogen) atoms. The average Bonchev–Trinajstić information content (AvgIpc) is 2.12. The van der Waals surface area contributed by atoms with Crippen LogP contribution in [0.15, 0.2) is 34.7 Å². The number of benzene rings is 1. The highest BCUT2D eigenvalue weighted by molar-refractivity contribution is 7.89. The van der Waals surface area contributed by atoms with Gasteiger partial charge in [-0.2, -0.15) is 0 Å². The highest BCUT2D eigenvalue weighted by Gasteiger charge is 2.09. The largest absolute Gasteiger partial charge is 0.399 e. The Kier molecular flexibility index (Phi) is 3.79. The van der Waals surface area contributed by atoms with Gasteiger partial charge in [0.05, 0.1) is 11.4 Å². The molecule has 5 N–H and O–H groups in total. The molecule has 0 spiro atoms. The number of primary sulfonamides is 1. The summed E-state index contributed by atoms with van der Waals surface area (Å²) in [6, 6.07) is 4.25. The fourth-order valence-electron chi connectivity index (χ4n) is 1.09. The van der Waals surface area contributed by atoms with Gasteiger partial charge in [0.1, 0.15) is 0 Å². The fourth-order valence-corrected chi connectivity index (χ4v) is 1.74. The van der Waals surface area contributed by atoms with E-state index in [4.69, 9.17) is 22.5 Å². The van der Waals surface area contributed by atoms with E-state index < -0.39 is 10.0 Å². The molecule has 0 bridgehead atoms. The van der Waals surface area contributed by atoms with Crippen LogP contribution in [0.1, 0.15) is 0 Å². The molecule has 0 amide bonds. The first-order valence-electron chi connectivity index (χ1n) is 4.29. The second kappa shape index (κ2) is 4.73. The molecule has 1 aromatic carbocycles. The standard InChI is InChI=1S/C9H12ClN3O2S/c1-6(10)5-13-8-2-7(11)3-9(4-8)16(12,14)15/h2-4,13H,1,5,11H2,(H2,12,14,15). The molecular formula is C9H12ClN3O2S. The zero-order valence-electron chi connectivity index (χ0n) is 8.40. The molecule has 0 aliphatic heterocycles. The van der Waals surface area contributed by atoms with Gasteiger partial charge in [0.15, 0.2) is 0 Å². The summed E-state index contributed by atoms with van der Waals surface area (Å²) in [5.41, 5.74) is 6.37. The Bertz CT molecular complexity index is 513. The predicted molar refractivity (Wildman–Crippen MR) is 65.7 cm³/mol. The summed E-state index contributed by atoms with van der Waals surface area (Å²) in [4.78, 5) is -0.0461. The Morgan fingerprint density at radius 2 is 2.06 bits per heavy atom. The molecule has 1 aromatic rings. The first-order chi connectivity index (χ1) is 7.29. The van der Waals surface area contributed by atoms with Crippen LogP contribution in [0.25, 0.3) is 0 Å². The number of nitrogens with two attached hydrogens (primary N) is 2. The SMILES string of the molecule is C=C(Cl)CNc1cc(N)cc(S(N)(=O)=O)c1. The van der Waals surface area contributed by atoms with E-state index in [1.807, 2.05) is 0 Å². The molecule has 0 saturated heterocycles. The maximum Gasteiger partial charge on any atom is 0.238 e. The molecule has 0 aromatic heterocycles. The molecule has 0 unspecified atom stereocenters. The molecule has 0 heterocycles. The first-order valence-corrected chi connectivity index (χ1v) is 6.22. The van der Waals surface area contributed by atoms with Crippen LogP contribution in [0.4, 0.5) is 11.4 Å². The number of nitrogen functional groups attached to an aromatic ring is 1. The molecule has 7 heteroatoms. The van der Waals surface area contributed by atoms with Crippen LogP contribution in [0.3, 0.4) is 0 Å². The monoisotopic (exact) mass is 261 g/mol. The van der Waals surface area contributed by atoms with Gasteiger partial charge < -0.3 is 11.1 Å². The van der Waals surface area contributed by atoms with E-state index in [2.05, 4.69) is 11.9 Å². The quantitative estimate of drug-likeness (QED) is 0.707. The molecule has 5 nitrogen and oxygen atoms in total. The molecule has 88 valence electrons. The summed E-state index contributed by atoms with van der Waals surface area (Å²) in [5.74, 6) is 0. The van der Waals surface area contributed by atoms with Crippen molar-refractivity contribution in [1.29, 1.82) is 0 Å². The normalized spacial score (nSPS) is 11.1. The summed E-state index contributed by atoms with van der Waals surface area (Å²) in [7, 11) is -3.76. The van der Waals surface area contributed by atoms with Crippen LogP contribution in [-0.2, 0) is 10.0 Å². The molecule has 0 atom stereocenters. The number of hydrogen-bond donors (Lipinski definition) is 3. The number of anilines is 2. The van der Waals surface area contributed by atoms with Crippen LogP contribution in [0.5, 0.6) is 0 Å². The summed E-state index contributed by atoms with van der Waals surface area (Å²) < 4.78 is 22.3. The number of hydrogen-bond acceptors (Lipinski definition) is 4. The minimum Gasteiger partial charge on any atom is -0.399 e. The lowest BCUT2D eigenvalue weighted by Crippen LogP contribution is -2.13. The van der Waals surface area contributed by atoms with Crippen LogP contribution in [0, 0.1) is 0 Å². The lowest BCUT2D eigenvalue weighted by atomic mass is 10.3. The maximum atomic E-state index is 11.1. The molecule has 0 aliphatic carbocycles. The Morgan fingerprint density at radius 1 is 1.44 bits per heavy atom. The molecular weight excluding hydrogens is 250 g/mol. The third kappa shape index (κ3) is 3.73. The van der Waals surface area contributed by atoms with Crippen LogP contribution in [-0.4, -0.2) is 15.0 Å². The molecule has 1 rings (SSSR count). The van der Waals surface area contributed by atoms with Gasteiger partial charge in [0.25, 0.3) is 0 Å². The van der Waals surface area contributed by atoms with Crippen molar-refractivity contribution in [3.63, 3.8) is 0 Å². The molecule has 0 radical (unpaired) electrons. The van der Waals surface area contributed by atoms with Gasteiger partial charge in [0.2, 0.25) is 10.0 Å². The van der Waals surface area contributed by atoms with E-state index >= 15 is 0 Å². The van der Waals surface area contributed by atoms with E-state index in [0.29, 0.717) is 23.0 Å².